The van der Waals surface area contributed by atoms with Gasteiger partial charge in [-0.25, -0.2) is 4.90 Å². The number of aryl methyl sites for hydroxylation is 3. The second-order valence-corrected chi connectivity index (χ2v) is 6.44. The molecule has 1 aliphatic rings. The second-order valence-electron chi connectivity index (χ2n) is 6.44. The Labute approximate surface area is 147 Å². The molecule has 0 radical (unpaired) electrons. The van der Waals surface area contributed by atoms with Gasteiger partial charge < -0.3 is 10.1 Å². The van der Waals surface area contributed by atoms with E-state index < -0.39 is 6.04 Å². The molecule has 0 saturated carbocycles. The number of hydrogen-bond donors (Lipinski definition) is 1. The van der Waals surface area contributed by atoms with Gasteiger partial charge in [-0.2, -0.15) is 0 Å². The fraction of sp³-hybridized carbons (Fsp3) is 0.300. The summed E-state index contributed by atoms with van der Waals surface area (Å²) >= 11 is 0. The van der Waals surface area contributed by atoms with Crippen LogP contribution in [0.3, 0.4) is 0 Å². The average molecular weight is 338 g/mol. The predicted octanol–water partition coefficient (Wildman–Crippen LogP) is 3.36. The molecule has 2 aromatic carbocycles. The summed E-state index contributed by atoms with van der Waals surface area (Å²) in [5, 5.41) is 3.15. The van der Waals surface area contributed by atoms with Crippen LogP contribution in [-0.2, 0) is 9.59 Å². The van der Waals surface area contributed by atoms with Crippen molar-refractivity contribution in [3.8, 4) is 5.75 Å². The zero-order valence-corrected chi connectivity index (χ0v) is 14.9. The third-order valence-corrected chi connectivity index (χ3v) is 4.44. The molecule has 0 aliphatic carbocycles. The Morgan fingerprint density at radius 3 is 2.20 bits per heavy atom. The van der Waals surface area contributed by atoms with Gasteiger partial charge in [-0.3, -0.25) is 9.59 Å². The first-order valence-corrected chi connectivity index (χ1v) is 8.26. The van der Waals surface area contributed by atoms with Crippen LogP contribution in [0, 0.1) is 20.8 Å². The Balaban J connectivity index is 1.85. The Kier molecular flexibility index (Phi) is 4.49. The molecule has 1 atom stereocenters. The average Bonchev–Trinajstić information content (AvgIpc) is 2.82. The summed E-state index contributed by atoms with van der Waals surface area (Å²) in [6.45, 7) is 5.87. The van der Waals surface area contributed by atoms with Gasteiger partial charge in [-0.1, -0.05) is 17.7 Å². The molecule has 5 nitrogen and oxygen atoms in total. The number of anilines is 2. The van der Waals surface area contributed by atoms with Crippen LogP contribution in [0.5, 0.6) is 5.75 Å². The Hall–Kier alpha value is -2.82. The number of imide groups is 1. The van der Waals surface area contributed by atoms with E-state index in [1.165, 1.54) is 4.90 Å². The third-order valence-electron chi connectivity index (χ3n) is 4.44. The van der Waals surface area contributed by atoms with E-state index in [-0.39, 0.29) is 18.2 Å². The molecular weight excluding hydrogens is 316 g/mol. The maximum absolute atomic E-state index is 12.9. The highest BCUT2D eigenvalue weighted by Gasteiger charge is 2.40. The van der Waals surface area contributed by atoms with Crippen LogP contribution in [-0.4, -0.2) is 25.0 Å². The van der Waals surface area contributed by atoms with E-state index in [1.807, 2.05) is 57.2 Å². The lowest BCUT2D eigenvalue weighted by molar-refractivity contribution is -0.121. The number of nitrogens with zero attached hydrogens (tertiary/aromatic N) is 1. The summed E-state index contributed by atoms with van der Waals surface area (Å²) in [7, 11) is 1.60. The zero-order chi connectivity index (χ0) is 18.1. The van der Waals surface area contributed by atoms with Crippen LogP contribution in [0.1, 0.15) is 23.1 Å². The third kappa shape index (κ3) is 3.22. The molecule has 1 fully saturated rings. The van der Waals surface area contributed by atoms with E-state index in [0.717, 1.165) is 28.1 Å². The van der Waals surface area contributed by atoms with Gasteiger partial charge in [-0.05, 0) is 56.2 Å². The lowest BCUT2D eigenvalue weighted by atomic mass is 10.0. The number of amides is 2. The Morgan fingerprint density at radius 1 is 1.04 bits per heavy atom. The van der Waals surface area contributed by atoms with Gasteiger partial charge in [0.15, 0.2) is 0 Å². The molecule has 5 heteroatoms. The van der Waals surface area contributed by atoms with Gasteiger partial charge in [0.25, 0.3) is 5.91 Å². The first-order chi connectivity index (χ1) is 11.9. The first kappa shape index (κ1) is 17.0. The highest BCUT2D eigenvalue weighted by atomic mass is 16.5. The van der Waals surface area contributed by atoms with E-state index in [4.69, 9.17) is 4.74 Å². The van der Waals surface area contributed by atoms with E-state index >= 15 is 0 Å². The highest BCUT2D eigenvalue weighted by Crippen LogP contribution is 2.31. The Bertz CT molecular complexity index is 804. The molecule has 1 aliphatic heterocycles. The minimum atomic E-state index is -0.555. The number of benzene rings is 2. The van der Waals surface area contributed by atoms with Crippen molar-refractivity contribution in [1.82, 2.24) is 0 Å². The van der Waals surface area contributed by atoms with Crippen molar-refractivity contribution in [3.05, 3.63) is 53.1 Å². The number of rotatable bonds is 4. The molecule has 0 unspecified atom stereocenters. The number of nitrogens with one attached hydrogen (secondary N) is 1. The zero-order valence-electron chi connectivity index (χ0n) is 14.9. The topological polar surface area (TPSA) is 58.6 Å². The number of methoxy groups -OCH3 is 1. The van der Waals surface area contributed by atoms with Crippen molar-refractivity contribution < 1.29 is 14.3 Å². The van der Waals surface area contributed by atoms with Crippen molar-refractivity contribution in [3.63, 3.8) is 0 Å². The van der Waals surface area contributed by atoms with Crippen LogP contribution in [0.25, 0.3) is 0 Å². The number of carbonyl (C=O) groups is 2. The van der Waals surface area contributed by atoms with Gasteiger partial charge in [0.1, 0.15) is 11.8 Å². The molecule has 1 heterocycles. The molecule has 25 heavy (non-hydrogen) atoms. The first-order valence-electron chi connectivity index (χ1n) is 8.26. The number of hydrogen-bond acceptors (Lipinski definition) is 4. The van der Waals surface area contributed by atoms with Crippen LogP contribution in [0.2, 0.25) is 0 Å². The van der Waals surface area contributed by atoms with E-state index in [2.05, 4.69) is 5.32 Å². The quantitative estimate of drug-likeness (QED) is 0.869. The highest BCUT2D eigenvalue weighted by molar-refractivity contribution is 6.23. The monoisotopic (exact) mass is 338 g/mol. The number of carbonyl (C=O) groups excluding carboxylic acids is 2. The van der Waals surface area contributed by atoms with Crippen LogP contribution in [0.15, 0.2) is 36.4 Å². The van der Waals surface area contributed by atoms with Crippen LogP contribution < -0.4 is 15.0 Å². The summed E-state index contributed by atoms with van der Waals surface area (Å²) in [5.74, 6) is 0.355. The van der Waals surface area contributed by atoms with Gasteiger partial charge in [0.05, 0.1) is 19.2 Å². The van der Waals surface area contributed by atoms with Crippen LogP contribution in [0.4, 0.5) is 11.4 Å². The van der Waals surface area contributed by atoms with Gasteiger partial charge in [0, 0.05) is 5.69 Å². The summed E-state index contributed by atoms with van der Waals surface area (Å²) in [6, 6.07) is 10.7. The minimum absolute atomic E-state index is 0.150. The normalized spacial score (nSPS) is 17.1. The summed E-state index contributed by atoms with van der Waals surface area (Å²) in [6.07, 6.45) is 0.150. The molecule has 1 N–H and O–H groups in total. The minimum Gasteiger partial charge on any atom is -0.497 e. The molecule has 130 valence electrons. The molecule has 2 aromatic rings. The van der Waals surface area contributed by atoms with Crippen molar-refractivity contribution in [2.75, 3.05) is 17.3 Å². The summed E-state index contributed by atoms with van der Waals surface area (Å²) in [4.78, 5) is 26.7. The fourth-order valence-electron chi connectivity index (χ4n) is 3.39. The second kappa shape index (κ2) is 6.59. The maximum atomic E-state index is 12.9. The van der Waals surface area contributed by atoms with E-state index in [9.17, 15) is 9.59 Å². The number of ether oxygens (including phenoxy) is 1. The molecular formula is C20H22N2O3. The van der Waals surface area contributed by atoms with Crippen molar-refractivity contribution in [2.45, 2.75) is 33.2 Å². The van der Waals surface area contributed by atoms with Crippen molar-refractivity contribution >= 4 is 23.2 Å². The largest absolute Gasteiger partial charge is 0.497 e. The molecule has 2 amide bonds. The van der Waals surface area contributed by atoms with E-state index in [0.29, 0.717) is 5.69 Å². The van der Waals surface area contributed by atoms with E-state index in [1.54, 1.807) is 7.11 Å². The lowest BCUT2D eigenvalue weighted by Crippen LogP contribution is -2.35. The van der Waals surface area contributed by atoms with Crippen molar-refractivity contribution in [2.24, 2.45) is 0 Å². The van der Waals surface area contributed by atoms with Gasteiger partial charge in [0.2, 0.25) is 5.91 Å². The molecule has 3 rings (SSSR count). The summed E-state index contributed by atoms with van der Waals surface area (Å²) in [5.41, 5.74) is 4.48. The fourth-order valence-corrected chi connectivity index (χ4v) is 3.39. The molecule has 0 spiro atoms. The molecule has 0 aromatic heterocycles. The Morgan fingerprint density at radius 2 is 1.64 bits per heavy atom. The lowest BCUT2D eigenvalue weighted by Gasteiger charge is -2.21. The van der Waals surface area contributed by atoms with Crippen LogP contribution >= 0.6 is 0 Å². The smallest absolute Gasteiger partial charge is 0.256 e. The van der Waals surface area contributed by atoms with Gasteiger partial charge in [-0.15, -0.1) is 0 Å². The maximum Gasteiger partial charge on any atom is 0.256 e. The standard InChI is InChI=1S/C20H22N2O3/c1-12-9-13(2)19(14(3)10-12)22-18(23)11-17(20(22)24)21-15-5-7-16(25-4)8-6-15/h5-10,17,21H,11H2,1-4H3/t17-/m1/s1. The predicted molar refractivity (Wildman–Crippen MR) is 98.2 cm³/mol. The molecule has 0 bridgehead atoms. The summed E-state index contributed by atoms with van der Waals surface area (Å²) < 4.78 is 5.13. The molecule has 1 saturated heterocycles. The SMILES string of the molecule is COc1ccc(N[C@@H]2CC(=O)N(c3c(C)cc(C)cc3C)C2=O)cc1. The van der Waals surface area contributed by atoms with Crippen molar-refractivity contribution in [1.29, 1.82) is 0 Å². The van der Waals surface area contributed by atoms with Gasteiger partial charge >= 0.3 is 0 Å².